The molecule has 29 heavy (non-hydrogen) atoms. The second kappa shape index (κ2) is 7.80. The number of anilines is 5. The SMILES string of the molecule is COc1ccc(Nc2ncc(F)c(Nc3ccc4c(c3)NC(=O)CO4)n2)cc1Cl. The maximum absolute atomic E-state index is 14.2. The minimum absolute atomic E-state index is 0.0369. The molecule has 1 aliphatic rings. The lowest BCUT2D eigenvalue weighted by Crippen LogP contribution is -2.25. The summed E-state index contributed by atoms with van der Waals surface area (Å²) in [6.45, 7) is -0.0370. The standard InChI is InChI=1S/C19H15ClFN5O3/c1-28-15-4-2-10(6-12(15)20)24-19-22-8-13(21)18(26-19)23-11-3-5-16-14(7-11)25-17(27)9-29-16/h2-8H,9H2,1H3,(H,25,27)(H2,22,23,24,26). The molecule has 3 aromatic rings. The largest absolute Gasteiger partial charge is 0.495 e. The Morgan fingerprint density at radius 3 is 2.79 bits per heavy atom. The van der Waals surface area contributed by atoms with Gasteiger partial charge < -0.3 is 25.4 Å². The van der Waals surface area contributed by atoms with E-state index in [1.807, 2.05) is 0 Å². The lowest BCUT2D eigenvalue weighted by molar-refractivity contribution is -0.118. The van der Waals surface area contributed by atoms with Gasteiger partial charge in [-0.15, -0.1) is 0 Å². The molecule has 0 aliphatic carbocycles. The first kappa shape index (κ1) is 18.8. The zero-order valence-electron chi connectivity index (χ0n) is 15.1. The van der Waals surface area contributed by atoms with Gasteiger partial charge in [-0.3, -0.25) is 4.79 Å². The van der Waals surface area contributed by atoms with Crippen LogP contribution < -0.4 is 25.4 Å². The van der Waals surface area contributed by atoms with Gasteiger partial charge in [-0.05, 0) is 36.4 Å². The van der Waals surface area contributed by atoms with Crippen LogP contribution in [0.1, 0.15) is 0 Å². The van der Waals surface area contributed by atoms with E-state index in [0.29, 0.717) is 33.6 Å². The van der Waals surface area contributed by atoms with Gasteiger partial charge in [0.25, 0.3) is 5.91 Å². The summed E-state index contributed by atoms with van der Waals surface area (Å²) in [4.78, 5) is 19.6. The first-order valence-corrected chi connectivity index (χ1v) is 8.86. The van der Waals surface area contributed by atoms with E-state index in [4.69, 9.17) is 21.1 Å². The minimum Gasteiger partial charge on any atom is -0.495 e. The van der Waals surface area contributed by atoms with E-state index in [0.717, 1.165) is 6.20 Å². The van der Waals surface area contributed by atoms with E-state index in [-0.39, 0.29) is 24.3 Å². The van der Waals surface area contributed by atoms with Crippen LogP contribution >= 0.6 is 11.6 Å². The molecule has 0 spiro atoms. The first-order chi connectivity index (χ1) is 14.0. The Labute approximate surface area is 170 Å². The van der Waals surface area contributed by atoms with E-state index >= 15 is 0 Å². The molecule has 148 valence electrons. The smallest absolute Gasteiger partial charge is 0.262 e. The third-order valence-corrected chi connectivity index (χ3v) is 4.32. The molecule has 0 saturated heterocycles. The average Bonchev–Trinajstić information content (AvgIpc) is 2.70. The molecule has 0 fully saturated rings. The van der Waals surface area contributed by atoms with E-state index in [2.05, 4.69) is 25.9 Å². The number of halogens is 2. The number of carbonyl (C=O) groups is 1. The second-order valence-electron chi connectivity index (χ2n) is 6.04. The number of aromatic nitrogens is 2. The van der Waals surface area contributed by atoms with Gasteiger partial charge in [0.05, 0.1) is 24.0 Å². The van der Waals surface area contributed by atoms with Gasteiger partial charge in [-0.2, -0.15) is 4.98 Å². The van der Waals surface area contributed by atoms with Gasteiger partial charge in [0.1, 0.15) is 11.5 Å². The van der Waals surface area contributed by atoms with Gasteiger partial charge in [0.15, 0.2) is 18.2 Å². The third kappa shape index (κ3) is 4.14. The molecule has 2 aromatic carbocycles. The fraction of sp³-hybridized carbons (Fsp3) is 0.105. The zero-order valence-corrected chi connectivity index (χ0v) is 15.9. The Hall–Kier alpha value is -3.59. The molecule has 0 bridgehead atoms. The first-order valence-electron chi connectivity index (χ1n) is 8.48. The van der Waals surface area contributed by atoms with Crippen LogP contribution in [-0.4, -0.2) is 29.6 Å². The summed E-state index contributed by atoms with van der Waals surface area (Å²) in [5, 5.41) is 8.94. The number of methoxy groups -OCH3 is 1. The number of fused-ring (bicyclic) bond motifs is 1. The minimum atomic E-state index is -0.638. The molecule has 0 unspecified atom stereocenters. The number of carbonyl (C=O) groups excluding carboxylic acids is 1. The Bertz CT molecular complexity index is 1100. The summed E-state index contributed by atoms with van der Waals surface area (Å²) in [6, 6.07) is 10.1. The maximum Gasteiger partial charge on any atom is 0.262 e. The highest BCUT2D eigenvalue weighted by Gasteiger charge is 2.17. The van der Waals surface area contributed by atoms with Gasteiger partial charge in [0.2, 0.25) is 5.95 Å². The molecule has 3 N–H and O–H groups in total. The lowest BCUT2D eigenvalue weighted by Gasteiger charge is -2.19. The normalized spacial score (nSPS) is 12.4. The van der Waals surface area contributed by atoms with Crippen LogP contribution in [0.2, 0.25) is 5.02 Å². The third-order valence-electron chi connectivity index (χ3n) is 4.03. The fourth-order valence-electron chi connectivity index (χ4n) is 2.69. The number of amides is 1. The summed E-state index contributed by atoms with van der Waals surface area (Å²) in [5.74, 6) is 0.309. The summed E-state index contributed by atoms with van der Waals surface area (Å²) in [7, 11) is 1.52. The molecular weight excluding hydrogens is 401 g/mol. The quantitative estimate of drug-likeness (QED) is 0.577. The summed E-state index contributed by atoms with van der Waals surface area (Å²) < 4.78 is 24.6. The van der Waals surface area contributed by atoms with Crippen LogP contribution in [0.25, 0.3) is 0 Å². The Morgan fingerprint density at radius 1 is 1.21 bits per heavy atom. The summed E-state index contributed by atoms with van der Waals surface area (Å²) in [6.07, 6.45) is 1.05. The van der Waals surface area contributed by atoms with Gasteiger partial charge in [-0.1, -0.05) is 11.6 Å². The van der Waals surface area contributed by atoms with Crippen molar-refractivity contribution in [3.8, 4) is 11.5 Å². The number of hydrogen-bond donors (Lipinski definition) is 3. The molecule has 2 heterocycles. The van der Waals surface area contributed by atoms with Crippen LogP contribution in [0.5, 0.6) is 11.5 Å². The predicted molar refractivity (Wildman–Crippen MR) is 107 cm³/mol. The number of nitrogens with one attached hydrogen (secondary N) is 3. The molecule has 8 nitrogen and oxygen atoms in total. The molecule has 4 rings (SSSR count). The maximum atomic E-state index is 14.2. The summed E-state index contributed by atoms with van der Waals surface area (Å²) in [5.41, 5.74) is 1.62. The van der Waals surface area contributed by atoms with E-state index in [1.54, 1.807) is 36.4 Å². The highest BCUT2D eigenvalue weighted by molar-refractivity contribution is 6.32. The zero-order chi connectivity index (χ0) is 20.4. The lowest BCUT2D eigenvalue weighted by atomic mass is 10.2. The number of nitrogens with zero attached hydrogens (tertiary/aromatic N) is 2. The molecule has 0 radical (unpaired) electrons. The summed E-state index contributed by atoms with van der Waals surface area (Å²) >= 11 is 6.11. The van der Waals surface area contributed by atoms with Crippen molar-refractivity contribution in [2.45, 2.75) is 0 Å². The predicted octanol–water partition coefficient (Wildman–Crippen LogP) is 4.10. The molecule has 0 saturated carbocycles. The Balaban J connectivity index is 1.55. The van der Waals surface area contributed by atoms with E-state index in [9.17, 15) is 9.18 Å². The fourth-order valence-corrected chi connectivity index (χ4v) is 2.94. The molecular formula is C19H15ClFN5O3. The van der Waals surface area contributed by atoms with Crippen molar-refractivity contribution in [1.29, 1.82) is 0 Å². The van der Waals surface area contributed by atoms with Crippen molar-refractivity contribution in [2.24, 2.45) is 0 Å². The van der Waals surface area contributed by atoms with Crippen LogP contribution in [0.4, 0.5) is 33.2 Å². The van der Waals surface area contributed by atoms with Crippen molar-refractivity contribution >= 4 is 46.3 Å². The number of benzene rings is 2. The molecule has 10 heteroatoms. The molecule has 0 atom stereocenters. The average molecular weight is 416 g/mol. The van der Waals surface area contributed by atoms with Crippen LogP contribution in [0.3, 0.4) is 0 Å². The van der Waals surface area contributed by atoms with E-state index < -0.39 is 5.82 Å². The van der Waals surface area contributed by atoms with Crippen LogP contribution in [-0.2, 0) is 4.79 Å². The molecule has 1 aliphatic heterocycles. The van der Waals surface area contributed by atoms with Crippen molar-refractivity contribution < 1.29 is 18.7 Å². The highest BCUT2D eigenvalue weighted by atomic mass is 35.5. The second-order valence-corrected chi connectivity index (χ2v) is 6.44. The topological polar surface area (TPSA) is 97.4 Å². The van der Waals surface area contributed by atoms with Gasteiger partial charge >= 0.3 is 0 Å². The highest BCUT2D eigenvalue weighted by Crippen LogP contribution is 2.32. The van der Waals surface area contributed by atoms with Gasteiger partial charge in [0, 0.05) is 11.4 Å². The van der Waals surface area contributed by atoms with Crippen molar-refractivity contribution in [3.63, 3.8) is 0 Å². The van der Waals surface area contributed by atoms with Crippen LogP contribution in [0, 0.1) is 5.82 Å². The van der Waals surface area contributed by atoms with E-state index in [1.165, 1.54) is 7.11 Å². The van der Waals surface area contributed by atoms with Crippen molar-refractivity contribution in [2.75, 3.05) is 29.7 Å². The molecule has 1 aromatic heterocycles. The molecule has 1 amide bonds. The Morgan fingerprint density at radius 2 is 2.00 bits per heavy atom. The number of ether oxygens (including phenoxy) is 2. The van der Waals surface area contributed by atoms with Crippen molar-refractivity contribution in [3.05, 3.63) is 53.4 Å². The Kier molecular flexibility index (Phi) is 5.05. The number of hydrogen-bond acceptors (Lipinski definition) is 7. The number of rotatable bonds is 5. The monoisotopic (exact) mass is 415 g/mol. The van der Waals surface area contributed by atoms with Crippen molar-refractivity contribution in [1.82, 2.24) is 9.97 Å². The van der Waals surface area contributed by atoms with Gasteiger partial charge in [-0.25, -0.2) is 9.37 Å². The van der Waals surface area contributed by atoms with Crippen LogP contribution in [0.15, 0.2) is 42.6 Å².